The molecule has 0 radical (unpaired) electrons. The van der Waals surface area contributed by atoms with Crippen LogP contribution in [-0.4, -0.2) is 16.5 Å². The van der Waals surface area contributed by atoms with E-state index in [1.165, 1.54) is 52.0 Å². The molecule has 0 unspecified atom stereocenters. The molecule has 0 atom stereocenters. The van der Waals surface area contributed by atoms with Gasteiger partial charge in [-0.05, 0) is 37.1 Å². The summed E-state index contributed by atoms with van der Waals surface area (Å²) in [5.74, 6) is 0. The van der Waals surface area contributed by atoms with Crippen molar-refractivity contribution >= 4 is 22.1 Å². The Morgan fingerprint density at radius 2 is 1.96 bits per heavy atom. The average molecular weight is 323 g/mol. The average Bonchev–Trinajstić information content (AvgIpc) is 3.01. The van der Waals surface area contributed by atoms with Crippen LogP contribution in [0.15, 0.2) is 36.5 Å². The fourth-order valence-electron chi connectivity index (χ4n) is 3.15. The zero-order chi connectivity index (χ0) is 15.5. The summed E-state index contributed by atoms with van der Waals surface area (Å²) in [7, 11) is 0. The predicted octanol–water partition coefficient (Wildman–Crippen LogP) is 3.90. The summed E-state index contributed by atoms with van der Waals surface area (Å²) >= 11 is 1.92. The molecular formula is C19H21N3S. The summed E-state index contributed by atoms with van der Waals surface area (Å²) in [4.78, 5) is 10.9. The Labute approximate surface area is 140 Å². The van der Waals surface area contributed by atoms with Gasteiger partial charge in [-0.15, -0.1) is 11.3 Å². The van der Waals surface area contributed by atoms with Crippen molar-refractivity contribution in [3.63, 3.8) is 0 Å². The second-order valence-electron chi connectivity index (χ2n) is 6.13. The molecule has 1 aliphatic rings. The Hall–Kier alpha value is -1.78. The van der Waals surface area contributed by atoms with E-state index in [1.54, 1.807) is 0 Å². The Kier molecular flexibility index (Phi) is 4.35. The molecule has 4 rings (SSSR count). The first-order chi connectivity index (χ1) is 11.4. The van der Waals surface area contributed by atoms with Gasteiger partial charge in [0.25, 0.3) is 0 Å². The molecule has 118 valence electrons. The largest absolute Gasteiger partial charge is 0.311 e. The van der Waals surface area contributed by atoms with E-state index in [0.717, 1.165) is 25.2 Å². The minimum absolute atomic E-state index is 0.815. The van der Waals surface area contributed by atoms with Crippen LogP contribution in [0.2, 0.25) is 0 Å². The first-order valence-electron chi connectivity index (χ1n) is 8.40. The van der Waals surface area contributed by atoms with E-state index in [4.69, 9.17) is 4.98 Å². The summed E-state index contributed by atoms with van der Waals surface area (Å²) in [5, 5.41) is 7.24. The number of nitrogens with zero attached hydrogens (tertiary/aromatic N) is 2. The molecule has 2 aromatic heterocycles. The Bertz CT molecular complexity index is 786. The normalized spacial score (nSPS) is 14.1. The third-order valence-corrected chi connectivity index (χ3v) is 5.62. The number of thiazole rings is 1. The van der Waals surface area contributed by atoms with Gasteiger partial charge in [0.1, 0.15) is 0 Å². The van der Waals surface area contributed by atoms with Gasteiger partial charge in [-0.2, -0.15) is 0 Å². The first-order valence-corrected chi connectivity index (χ1v) is 9.22. The van der Waals surface area contributed by atoms with Crippen molar-refractivity contribution in [3.05, 3.63) is 57.8 Å². The van der Waals surface area contributed by atoms with E-state index < -0.39 is 0 Å². The smallest absolute Gasteiger partial charge is 0.0943 e. The monoisotopic (exact) mass is 323 g/mol. The zero-order valence-corrected chi connectivity index (χ0v) is 14.0. The fraction of sp³-hybridized carbons (Fsp3) is 0.368. The van der Waals surface area contributed by atoms with Crippen LogP contribution >= 0.6 is 11.3 Å². The summed E-state index contributed by atoms with van der Waals surface area (Å²) < 4.78 is 0. The standard InChI is InChI=1S/C19H21N3S/c1-2-6-15-12-21-16(11-14(15)5-1)13-20-10-9-19-22-17-7-3-4-8-18(17)23-19/h1-2,5-6,11-12,20H,3-4,7-10,13H2. The highest BCUT2D eigenvalue weighted by Gasteiger charge is 2.14. The van der Waals surface area contributed by atoms with Crippen molar-refractivity contribution in [1.82, 2.24) is 15.3 Å². The molecule has 3 nitrogen and oxygen atoms in total. The Morgan fingerprint density at radius 3 is 2.87 bits per heavy atom. The lowest BCUT2D eigenvalue weighted by Gasteiger charge is -2.06. The number of benzene rings is 1. The van der Waals surface area contributed by atoms with Gasteiger partial charge in [0.05, 0.1) is 16.4 Å². The molecule has 3 aromatic rings. The first kappa shape index (κ1) is 14.8. The number of aromatic nitrogens is 2. The van der Waals surface area contributed by atoms with Crippen molar-refractivity contribution in [2.24, 2.45) is 0 Å². The fourth-order valence-corrected chi connectivity index (χ4v) is 4.31. The van der Waals surface area contributed by atoms with Crippen molar-refractivity contribution in [2.75, 3.05) is 6.54 Å². The van der Waals surface area contributed by atoms with Gasteiger partial charge in [0.15, 0.2) is 0 Å². The molecule has 0 fully saturated rings. The molecule has 4 heteroatoms. The molecular weight excluding hydrogens is 302 g/mol. The summed E-state index contributed by atoms with van der Waals surface area (Å²) in [6.45, 7) is 1.77. The van der Waals surface area contributed by atoms with E-state index >= 15 is 0 Å². The van der Waals surface area contributed by atoms with E-state index in [2.05, 4.69) is 40.6 Å². The molecule has 0 bridgehead atoms. The number of hydrogen-bond acceptors (Lipinski definition) is 4. The van der Waals surface area contributed by atoms with E-state index in [9.17, 15) is 0 Å². The topological polar surface area (TPSA) is 37.8 Å². The highest BCUT2D eigenvalue weighted by molar-refractivity contribution is 7.11. The molecule has 0 aliphatic heterocycles. The molecule has 0 saturated heterocycles. The van der Waals surface area contributed by atoms with Gasteiger partial charge < -0.3 is 5.32 Å². The number of nitrogens with one attached hydrogen (secondary N) is 1. The summed E-state index contributed by atoms with van der Waals surface area (Å²) in [5.41, 5.74) is 2.47. The predicted molar refractivity (Wildman–Crippen MR) is 95.9 cm³/mol. The summed E-state index contributed by atoms with van der Waals surface area (Å²) in [6.07, 6.45) is 8.04. The SMILES string of the molecule is c1ccc2cc(CNCCc3nc4c(s3)CCCC4)ncc2c1. The Balaban J connectivity index is 1.31. The van der Waals surface area contributed by atoms with Crippen LogP contribution in [0.4, 0.5) is 0 Å². The quantitative estimate of drug-likeness (QED) is 0.724. The van der Waals surface area contributed by atoms with E-state index in [-0.39, 0.29) is 0 Å². The van der Waals surface area contributed by atoms with Crippen molar-refractivity contribution in [1.29, 1.82) is 0 Å². The molecule has 0 spiro atoms. The zero-order valence-electron chi connectivity index (χ0n) is 13.2. The molecule has 23 heavy (non-hydrogen) atoms. The molecule has 0 amide bonds. The van der Waals surface area contributed by atoms with Crippen LogP contribution in [-0.2, 0) is 25.8 Å². The van der Waals surface area contributed by atoms with E-state index in [0.29, 0.717) is 0 Å². The van der Waals surface area contributed by atoms with Gasteiger partial charge in [-0.3, -0.25) is 4.98 Å². The van der Waals surface area contributed by atoms with Crippen LogP contribution in [0, 0.1) is 0 Å². The van der Waals surface area contributed by atoms with Crippen LogP contribution in [0.25, 0.3) is 10.8 Å². The number of pyridine rings is 1. The van der Waals surface area contributed by atoms with Crippen molar-refractivity contribution in [2.45, 2.75) is 38.6 Å². The molecule has 1 aliphatic carbocycles. The second kappa shape index (κ2) is 6.77. The number of aryl methyl sites for hydroxylation is 2. The third kappa shape index (κ3) is 3.43. The maximum atomic E-state index is 4.80. The van der Waals surface area contributed by atoms with Crippen LogP contribution in [0.5, 0.6) is 0 Å². The highest BCUT2D eigenvalue weighted by atomic mass is 32.1. The lowest BCUT2D eigenvalue weighted by Crippen LogP contribution is -2.17. The van der Waals surface area contributed by atoms with Gasteiger partial charge in [-0.25, -0.2) is 4.98 Å². The minimum Gasteiger partial charge on any atom is -0.311 e. The van der Waals surface area contributed by atoms with Gasteiger partial charge in [0, 0.05) is 36.0 Å². The molecule has 1 N–H and O–H groups in total. The summed E-state index contributed by atoms with van der Waals surface area (Å²) in [6, 6.07) is 10.5. The lowest BCUT2D eigenvalue weighted by molar-refractivity contribution is 0.664. The maximum Gasteiger partial charge on any atom is 0.0943 e. The second-order valence-corrected chi connectivity index (χ2v) is 7.30. The molecule has 1 aromatic carbocycles. The van der Waals surface area contributed by atoms with Crippen molar-refractivity contribution in [3.8, 4) is 0 Å². The maximum absolute atomic E-state index is 4.80. The number of rotatable bonds is 5. The van der Waals surface area contributed by atoms with Crippen molar-refractivity contribution < 1.29 is 0 Å². The lowest BCUT2D eigenvalue weighted by atomic mass is 10.0. The number of hydrogen-bond donors (Lipinski definition) is 1. The van der Waals surface area contributed by atoms with E-state index in [1.807, 2.05) is 17.5 Å². The number of fused-ring (bicyclic) bond motifs is 2. The van der Waals surface area contributed by atoms with Gasteiger partial charge in [-0.1, -0.05) is 24.3 Å². The van der Waals surface area contributed by atoms with Crippen LogP contribution < -0.4 is 5.32 Å². The van der Waals surface area contributed by atoms with Gasteiger partial charge in [0.2, 0.25) is 0 Å². The van der Waals surface area contributed by atoms with Crippen LogP contribution in [0.1, 0.15) is 34.1 Å². The minimum atomic E-state index is 0.815. The van der Waals surface area contributed by atoms with Crippen LogP contribution in [0.3, 0.4) is 0 Å². The highest BCUT2D eigenvalue weighted by Crippen LogP contribution is 2.26. The van der Waals surface area contributed by atoms with Gasteiger partial charge >= 0.3 is 0 Å². The molecule has 0 saturated carbocycles. The third-order valence-electron chi connectivity index (χ3n) is 4.40. The molecule has 2 heterocycles. The Morgan fingerprint density at radius 1 is 1.09 bits per heavy atom.